The van der Waals surface area contributed by atoms with Crippen molar-refractivity contribution in [3.63, 3.8) is 0 Å². The number of aliphatic hydroxyl groups excluding tert-OH is 1. The summed E-state index contributed by atoms with van der Waals surface area (Å²) in [5.74, 6) is 0.537. The van der Waals surface area contributed by atoms with Crippen molar-refractivity contribution < 1.29 is 29.6 Å². The molecule has 0 heterocycles. The topological polar surface area (TPSA) is 104 Å². The highest BCUT2D eigenvalue weighted by Gasteiger charge is 2.72. The molecule has 6 nitrogen and oxygen atoms in total. The van der Waals surface area contributed by atoms with Crippen molar-refractivity contribution in [1.29, 1.82) is 0 Å². The minimum Gasteiger partial charge on any atom is -0.508 e. The highest BCUT2D eigenvalue weighted by Crippen LogP contribution is 2.77. The van der Waals surface area contributed by atoms with Crippen molar-refractivity contribution in [3.8, 4) is 5.75 Å². The fourth-order valence-corrected chi connectivity index (χ4v) is 12.8. The number of aliphatic carboxylic acids is 1. The van der Waals surface area contributed by atoms with Crippen LogP contribution in [0.1, 0.15) is 105 Å². The fraction of sp³-hybridized carbons (Fsp3) is 0.692. The summed E-state index contributed by atoms with van der Waals surface area (Å²) in [7, 11) is 0. The highest BCUT2D eigenvalue weighted by molar-refractivity contribution is 5.87. The van der Waals surface area contributed by atoms with Crippen LogP contribution in [-0.2, 0) is 14.3 Å². The Labute approximate surface area is 269 Å². The third kappa shape index (κ3) is 4.58. The molecule has 11 unspecified atom stereocenters. The number of carbonyl (C=O) groups excluding carboxylic acids is 1. The van der Waals surface area contributed by atoms with Crippen molar-refractivity contribution in [2.75, 3.05) is 0 Å². The molecule has 0 spiro atoms. The fourth-order valence-electron chi connectivity index (χ4n) is 12.8. The minimum absolute atomic E-state index is 0.0169. The number of carbonyl (C=O) groups is 2. The number of ether oxygens (including phenoxy) is 1. The predicted octanol–water partition coefficient (Wildman–Crippen LogP) is 8.03. The van der Waals surface area contributed by atoms with E-state index >= 15 is 0 Å². The zero-order valence-corrected chi connectivity index (χ0v) is 28.1. The molecule has 6 heteroatoms. The first-order chi connectivity index (χ1) is 21.0. The summed E-state index contributed by atoms with van der Waals surface area (Å²) in [5.41, 5.74) is 0.796. The average Bonchev–Trinajstić information content (AvgIpc) is 3.37. The number of esters is 1. The summed E-state index contributed by atoms with van der Waals surface area (Å²) in [4.78, 5) is 26.0. The number of rotatable bonds is 5. The Hall–Kier alpha value is -2.60. The molecule has 11 atom stereocenters. The first-order valence-corrected chi connectivity index (χ1v) is 17.3. The van der Waals surface area contributed by atoms with Gasteiger partial charge >= 0.3 is 11.9 Å². The normalized spacial score (nSPS) is 45.1. The first-order valence-electron chi connectivity index (χ1n) is 17.3. The molecule has 0 aliphatic heterocycles. The van der Waals surface area contributed by atoms with Gasteiger partial charge in [-0.3, -0.25) is 4.79 Å². The van der Waals surface area contributed by atoms with Gasteiger partial charge in [0.15, 0.2) is 0 Å². The zero-order chi connectivity index (χ0) is 32.7. The third-order valence-corrected chi connectivity index (χ3v) is 14.9. The van der Waals surface area contributed by atoms with Gasteiger partial charge in [-0.1, -0.05) is 58.9 Å². The molecule has 45 heavy (non-hydrogen) atoms. The second-order valence-electron chi connectivity index (χ2n) is 17.0. The minimum atomic E-state index is -0.770. The Bertz CT molecular complexity index is 1390. The SMILES string of the molecule is C=C(C)C1CCC2(C(=O)O)CCC3(C)C(CCC4C5(C)CC(O)C(OC(=O)C=Cc6ccc(O)cc6)C(C)(C)C5CCC43C)C12. The van der Waals surface area contributed by atoms with Gasteiger partial charge in [0, 0.05) is 11.5 Å². The lowest BCUT2D eigenvalue weighted by atomic mass is 9.32. The van der Waals surface area contributed by atoms with Crippen molar-refractivity contribution in [1.82, 2.24) is 0 Å². The molecule has 0 bridgehead atoms. The van der Waals surface area contributed by atoms with Crippen LogP contribution in [0.5, 0.6) is 5.75 Å². The third-order valence-electron chi connectivity index (χ3n) is 14.9. The van der Waals surface area contributed by atoms with E-state index in [0.29, 0.717) is 18.3 Å². The van der Waals surface area contributed by atoms with E-state index in [1.165, 1.54) is 6.08 Å². The van der Waals surface area contributed by atoms with Crippen molar-refractivity contribution in [3.05, 3.63) is 48.1 Å². The average molecular weight is 619 g/mol. The van der Waals surface area contributed by atoms with E-state index < -0.39 is 35.0 Å². The molecule has 5 aliphatic rings. The molecule has 0 aromatic heterocycles. The molecular formula is C39H54O6. The Morgan fingerprint density at radius 1 is 0.911 bits per heavy atom. The smallest absolute Gasteiger partial charge is 0.331 e. The lowest BCUT2D eigenvalue weighted by Crippen LogP contribution is -2.69. The van der Waals surface area contributed by atoms with Crippen LogP contribution in [0.3, 0.4) is 0 Å². The van der Waals surface area contributed by atoms with Gasteiger partial charge < -0.3 is 20.1 Å². The lowest BCUT2D eigenvalue weighted by Gasteiger charge is -2.73. The van der Waals surface area contributed by atoms with E-state index in [4.69, 9.17) is 4.74 Å². The van der Waals surface area contributed by atoms with Gasteiger partial charge in [0.25, 0.3) is 0 Å². The largest absolute Gasteiger partial charge is 0.508 e. The maximum Gasteiger partial charge on any atom is 0.331 e. The van der Waals surface area contributed by atoms with Crippen LogP contribution in [0.4, 0.5) is 0 Å². The Kier molecular flexibility index (Phi) is 7.70. The number of phenols is 1. The summed E-state index contributed by atoms with van der Waals surface area (Å²) < 4.78 is 6.05. The number of allylic oxidation sites excluding steroid dienone is 1. The zero-order valence-electron chi connectivity index (χ0n) is 28.1. The number of hydrogen-bond acceptors (Lipinski definition) is 5. The second kappa shape index (κ2) is 10.7. The standard InChI is InChI=1S/C39H54O6/c1-23(2)26-16-19-39(34(43)44)21-20-37(6)27(32(26)39)13-14-30-36(5)22-28(41)33(35(3,4)29(36)17-18-38(30,37)7)45-31(42)15-10-24-8-11-25(40)12-9-24/h8-12,15,26-30,32-33,40-41H,1,13-14,16-22H2,2-7H3,(H,43,44). The van der Waals surface area contributed by atoms with E-state index in [1.54, 1.807) is 30.3 Å². The monoisotopic (exact) mass is 618 g/mol. The molecule has 0 radical (unpaired) electrons. The second-order valence-corrected chi connectivity index (χ2v) is 17.0. The van der Waals surface area contributed by atoms with Gasteiger partial charge in [0.05, 0.1) is 11.5 Å². The molecule has 1 aromatic rings. The highest BCUT2D eigenvalue weighted by atomic mass is 16.6. The van der Waals surface area contributed by atoms with Crippen LogP contribution >= 0.6 is 0 Å². The van der Waals surface area contributed by atoms with E-state index in [0.717, 1.165) is 62.5 Å². The van der Waals surface area contributed by atoms with Gasteiger partial charge in [0.1, 0.15) is 11.9 Å². The quantitative estimate of drug-likeness (QED) is 0.175. The number of aliphatic hydroxyl groups is 1. The maximum atomic E-state index is 13.0. The van der Waals surface area contributed by atoms with E-state index in [1.807, 2.05) is 0 Å². The molecule has 246 valence electrons. The van der Waals surface area contributed by atoms with E-state index in [-0.39, 0.29) is 39.7 Å². The van der Waals surface area contributed by atoms with Crippen LogP contribution in [0, 0.1) is 56.7 Å². The maximum absolute atomic E-state index is 13.0. The van der Waals surface area contributed by atoms with Crippen LogP contribution in [0.2, 0.25) is 0 Å². The molecule has 5 aliphatic carbocycles. The Balaban J connectivity index is 1.27. The molecule has 5 saturated carbocycles. The lowest BCUT2D eigenvalue weighted by molar-refractivity contribution is -0.265. The number of aromatic hydroxyl groups is 1. The summed E-state index contributed by atoms with van der Waals surface area (Å²) in [5, 5.41) is 31.9. The molecule has 6 rings (SSSR count). The number of benzene rings is 1. The molecule has 0 saturated heterocycles. The van der Waals surface area contributed by atoms with Crippen LogP contribution < -0.4 is 0 Å². The van der Waals surface area contributed by atoms with Gasteiger partial charge in [-0.25, -0.2) is 4.79 Å². The number of carboxylic acids is 1. The van der Waals surface area contributed by atoms with Gasteiger partial charge in [0.2, 0.25) is 0 Å². The Morgan fingerprint density at radius 2 is 1.60 bits per heavy atom. The summed E-state index contributed by atoms with van der Waals surface area (Å²) >= 11 is 0. The van der Waals surface area contributed by atoms with Crippen molar-refractivity contribution >= 4 is 18.0 Å². The van der Waals surface area contributed by atoms with Gasteiger partial charge in [-0.2, -0.15) is 0 Å². The Morgan fingerprint density at radius 3 is 2.24 bits per heavy atom. The predicted molar refractivity (Wildman–Crippen MR) is 175 cm³/mol. The van der Waals surface area contributed by atoms with Crippen LogP contribution in [0.25, 0.3) is 6.08 Å². The summed E-state index contributed by atoms with van der Waals surface area (Å²) in [6.07, 6.45) is 9.82. The summed E-state index contributed by atoms with van der Waals surface area (Å²) in [6, 6.07) is 6.62. The van der Waals surface area contributed by atoms with Crippen molar-refractivity contribution in [2.24, 2.45) is 56.7 Å². The molecule has 1 aromatic carbocycles. The number of fused-ring (bicyclic) bond motifs is 7. The number of carboxylic acid groups (broad SMARTS) is 1. The van der Waals surface area contributed by atoms with Crippen LogP contribution in [-0.4, -0.2) is 39.5 Å². The van der Waals surface area contributed by atoms with E-state index in [2.05, 4.69) is 48.1 Å². The molecule has 0 amide bonds. The first kappa shape index (κ1) is 32.3. The van der Waals surface area contributed by atoms with Crippen molar-refractivity contribution in [2.45, 2.75) is 112 Å². The van der Waals surface area contributed by atoms with Crippen LogP contribution in [0.15, 0.2) is 42.5 Å². The number of hydrogen-bond donors (Lipinski definition) is 3. The molecule has 5 fully saturated rings. The molecular weight excluding hydrogens is 564 g/mol. The van der Waals surface area contributed by atoms with Gasteiger partial charge in [-0.15, -0.1) is 0 Å². The van der Waals surface area contributed by atoms with Gasteiger partial charge in [-0.05, 0) is 134 Å². The molecule has 3 N–H and O–H groups in total. The number of phenolic OH excluding ortho intramolecular Hbond substituents is 1. The summed E-state index contributed by atoms with van der Waals surface area (Å²) in [6.45, 7) is 18.2. The van der Waals surface area contributed by atoms with E-state index in [9.17, 15) is 24.9 Å².